The van der Waals surface area contributed by atoms with E-state index in [1.165, 1.54) is 16.7 Å². The molecule has 0 saturated heterocycles. The third-order valence-electron chi connectivity index (χ3n) is 3.64. The van der Waals surface area contributed by atoms with Gasteiger partial charge in [0.1, 0.15) is 5.75 Å². The first-order chi connectivity index (χ1) is 9.34. The first-order valence-electron chi connectivity index (χ1n) is 6.69. The average Bonchev–Trinajstić information content (AvgIpc) is 2.46. The van der Waals surface area contributed by atoms with Gasteiger partial charge in [0.2, 0.25) is 0 Å². The summed E-state index contributed by atoms with van der Waals surface area (Å²) in [4.78, 5) is 4.19. The number of nitrogens with zero attached hydrogens (tertiary/aromatic N) is 1. The first-order valence-corrected chi connectivity index (χ1v) is 6.69. The number of hydrogen-bond donors (Lipinski definition) is 1. The molecule has 98 valence electrons. The minimum absolute atomic E-state index is 0.365. The van der Waals surface area contributed by atoms with Gasteiger partial charge in [-0.2, -0.15) is 0 Å². The maximum Gasteiger partial charge on any atom is 0.124 e. The number of rotatable bonds is 3. The van der Waals surface area contributed by atoms with Gasteiger partial charge >= 0.3 is 0 Å². The molecule has 0 bridgehead atoms. The Balaban J connectivity index is 1.73. The van der Waals surface area contributed by atoms with Crippen LogP contribution in [0.25, 0.3) is 0 Å². The molecular formula is C16H18N2O. The van der Waals surface area contributed by atoms with Crippen LogP contribution < -0.4 is 10.1 Å². The van der Waals surface area contributed by atoms with Crippen molar-refractivity contribution in [1.82, 2.24) is 10.3 Å². The molecule has 19 heavy (non-hydrogen) atoms. The van der Waals surface area contributed by atoms with Gasteiger partial charge < -0.3 is 10.1 Å². The molecule has 2 heterocycles. The van der Waals surface area contributed by atoms with Crippen LogP contribution in [0.3, 0.4) is 0 Å². The monoisotopic (exact) mass is 254 g/mol. The normalized spacial score (nSPS) is 17.6. The van der Waals surface area contributed by atoms with Gasteiger partial charge in [-0.1, -0.05) is 18.2 Å². The highest BCUT2D eigenvalue weighted by Crippen LogP contribution is 2.31. The predicted molar refractivity (Wildman–Crippen MR) is 75.1 cm³/mol. The van der Waals surface area contributed by atoms with Crippen molar-refractivity contribution in [2.75, 3.05) is 6.61 Å². The zero-order valence-corrected chi connectivity index (χ0v) is 11.1. The molecule has 1 aromatic carbocycles. The second-order valence-electron chi connectivity index (χ2n) is 4.91. The van der Waals surface area contributed by atoms with Crippen LogP contribution in [0.4, 0.5) is 0 Å². The molecular weight excluding hydrogens is 236 g/mol. The zero-order valence-electron chi connectivity index (χ0n) is 11.1. The van der Waals surface area contributed by atoms with Crippen LogP contribution in [-0.2, 0) is 6.54 Å². The molecule has 1 aliphatic heterocycles. The lowest BCUT2D eigenvalue weighted by atomic mass is 10.00. The molecule has 1 aliphatic rings. The van der Waals surface area contributed by atoms with Gasteiger partial charge in [-0.3, -0.25) is 4.98 Å². The molecule has 0 radical (unpaired) electrons. The number of nitrogens with one attached hydrogen (secondary N) is 1. The van der Waals surface area contributed by atoms with E-state index in [1.54, 1.807) is 0 Å². The number of aryl methyl sites for hydroxylation is 1. The van der Waals surface area contributed by atoms with Crippen molar-refractivity contribution in [3.8, 4) is 5.75 Å². The van der Waals surface area contributed by atoms with Crippen molar-refractivity contribution in [3.63, 3.8) is 0 Å². The van der Waals surface area contributed by atoms with Gasteiger partial charge in [0.25, 0.3) is 0 Å². The number of para-hydroxylation sites is 1. The van der Waals surface area contributed by atoms with E-state index < -0.39 is 0 Å². The van der Waals surface area contributed by atoms with Gasteiger partial charge in [0.15, 0.2) is 0 Å². The molecule has 3 rings (SSSR count). The van der Waals surface area contributed by atoms with Crippen molar-refractivity contribution >= 4 is 0 Å². The molecule has 0 aliphatic carbocycles. The largest absolute Gasteiger partial charge is 0.493 e. The first kappa shape index (κ1) is 12.2. The molecule has 0 amide bonds. The number of fused-ring (bicyclic) bond motifs is 1. The SMILES string of the molecule is Cc1ccncc1CNC1CCOc2ccccc21. The molecule has 3 heteroatoms. The number of pyridine rings is 1. The molecule has 0 fully saturated rings. The topological polar surface area (TPSA) is 34.2 Å². The minimum Gasteiger partial charge on any atom is -0.493 e. The highest BCUT2D eigenvalue weighted by Gasteiger charge is 2.20. The lowest BCUT2D eigenvalue weighted by Gasteiger charge is -2.27. The van der Waals surface area contributed by atoms with Crippen molar-refractivity contribution in [2.45, 2.75) is 25.9 Å². The van der Waals surface area contributed by atoms with Crippen molar-refractivity contribution in [2.24, 2.45) is 0 Å². The quantitative estimate of drug-likeness (QED) is 0.914. The van der Waals surface area contributed by atoms with Crippen LogP contribution in [0.2, 0.25) is 0 Å². The lowest BCUT2D eigenvalue weighted by molar-refractivity contribution is 0.252. The third kappa shape index (κ3) is 2.61. The van der Waals surface area contributed by atoms with E-state index in [-0.39, 0.29) is 0 Å². The lowest BCUT2D eigenvalue weighted by Crippen LogP contribution is -2.27. The van der Waals surface area contributed by atoms with Crippen LogP contribution in [0.5, 0.6) is 5.75 Å². The summed E-state index contributed by atoms with van der Waals surface area (Å²) in [6.07, 6.45) is 4.78. The van der Waals surface area contributed by atoms with Crippen LogP contribution >= 0.6 is 0 Å². The zero-order chi connectivity index (χ0) is 13.1. The Hall–Kier alpha value is -1.87. The van der Waals surface area contributed by atoms with Crippen LogP contribution in [0.1, 0.15) is 29.2 Å². The van der Waals surface area contributed by atoms with E-state index in [9.17, 15) is 0 Å². The maximum atomic E-state index is 5.68. The average molecular weight is 254 g/mol. The summed E-state index contributed by atoms with van der Waals surface area (Å²) in [6, 6.07) is 10.7. The van der Waals surface area contributed by atoms with Gasteiger partial charge in [0.05, 0.1) is 6.61 Å². The van der Waals surface area contributed by atoms with Gasteiger partial charge in [-0.25, -0.2) is 0 Å². The maximum absolute atomic E-state index is 5.68. The fraction of sp³-hybridized carbons (Fsp3) is 0.312. The Morgan fingerprint density at radius 3 is 3.11 bits per heavy atom. The predicted octanol–water partition coefficient (Wildman–Crippen LogP) is 3.00. The van der Waals surface area contributed by atoms with Gasteiger partial charge in [0, 0.05) is 37.0 Å². The highest BCUT2D eigenvalue weighted by atomic mass is 16.5. The molecule has 1 N–H and O–H groups in total. The summed E-state index contributed by atoms with van der Waals surface area (Å²) in [7, 11) is 0. The van der Waals surface area contributed by atoms with Gasteiger partial charge in [-0.05, 0) is 30.2 Å². The van der Waals surface area contributed by atoms with Crippen molar-refractivity contribution in [1.29, 1.82) is 0 Å². The second-order valence-corrected chi connectivity index (χ2v) is 4.91. The Labute approximate surface area is 113 Å². The summed E-state index contributed by atoms with van der Waals surface area (Å²) in [5, 5.41) is 3.61. The third-order valence-corrected chi connectivity index (χ3v) is 3.64. The molecule has 2 aromatic rings. The molecule has 1 aromatic heterocycles. The summed E-state index contributed by atoms with van der Waals surface area (Å²) in [5.41, 5.74) is 3.80. The fourth-order valence-corrected chi connectivity index (χ4v) is 2.47. The van der Waals surface area contributed by atoms with Crippen molar-refractivity contribution < 1.29 is 4.74 Å². The Morgan fingerprint density at radius 2 is 2.21 bits per heavy atom. The Kier molecular flexibility index (Phi) is 3.47. The minimum atomic E-state index is 0.365. The molecule has 3 nitrogen and oxygen atoms in total. The second kappa shape index (κ2) is 5.41. The number of ether oxygens (including phenoxy) is 1. The van der Waals surface area contributed by atoms with E-state index in [1.807, 2.05) is 24.5 Å². The van der Waals surface area contributed by atoms with Gasteiger partial charge in [-0.15, -0.1) is 0 Å². The highest BCUT2D eigenvalue weighted by molar-refractivity contribution is 5.37. The summed E-state index contributed by atoms with van der Waals surface area (Å²) >= 11 is 0. The van der Waals surface area contributed by atoms with E-state index in [0.717, 1.165) is 25.3 Å². The fourth-order valence-electron chi connectivity index (χ4n) is 2.47. The van der Waals surface area contributed by atoms with Crippen LogP contribution in [-0.4, -0.2) is 11.6 Å². The molecule has 1 unspecified atom stereocenters. The van der Waals surface area contributed by atoms with Crippen LogP contribution in [0, 0.1) is 6.92 Å². The molecule has 1 atom stereocenters. The molecule has 0 saturated carbocycles. The summed E-state index contributed by atoms with van der Waals surface area (Å²) in [5.74, 6) is 1.01. The number of aromatic nitrogens is 1. The van der Waals surface area contributed by atoms with Crippen molar-refractivity contribution in [3.05, 3.63) is 59.4 Å². The number of benzene rings is 1. The van der Waals surface area contributed by atoms with Crippen LogP contribution in [0.15, 0.2) is 42.7 Å². The summed E-state index contributed by atoms with van der Waals surface area (Å²) in [6.45, 7) is 3.75. The number of hydrogen-bond acceptors (Lipinski definition) is 3. The Bertz CT molecular complexity index is 568. The smallest absolute Gasteiger partial charge is 0.124 e. The van der Waals surface area contributed by atoms with E-state index in [4.69, 9.17) is 4.74 Å². The van der Waals surface area contributed by atoms with E-state index in [0.29, 0.717) is 6.04 Å². The Morgan fingerprint density at radius 1 is 1.32 bits per heavy atom. The van der Waals surface area contributed by atoms with E-state index >= 15 is 0 Å². The molecule has 0 spiro atoms. The summed E-state index contributed by atoms with van der Waals surface area (Å²) < 4.78 is 5.68. The van der Waals surface area contributed by atoms with E-state index in [2.05, 4.69) is 35.4 Å². The standard InChI is InChI=1S/C16H18N2O/c1-12-6-8-17-10-13(12)11-18-15-7-9-19-16-5-3-2-4-14(15)16/h2-6,8,10,15,18H,7,9,11H2,1H3.